The van der Waals surface area contributed by atoms with E-state index in [-0.39, 0.29) is 0 Å². The highest BCUT2D eigenvalue weighted by atomic mass is 32.1. The van der Waals surface area contributed by atoms with E-state index in [1.807, 2.05) is 0 Å². The van der Waals surface area contributed by atoms with Crippen molar-refractivity contribution >= 4 is 16.5 Å². The quantitative estimate of drug-likeness (QED) is 0.770. The van der Waals surface area contributed by atoms with Crippen LogP contribution in [0.25, 0.3) is 0 Å². The van der Waals surface area contributed by atoms with Crippen LogP contribution in [0.3, 0.4) is 0 Å². The van der Waals surface area contributed by atoms with E-state index >= 15 is 0 Å². The number of thiazole rings is 1. The summed E-state index contributed by atoms with van der Waals surface area (Å²) in [6, 6.07) is 0. The Morgan fingerprint density at radius 3 is 2.87 bits per heavy atom. The van der Waals surface area contributed by atoms with Crippen LogP contribution in [0.2, 0.25) is 0 Å². The normalized spacial score (nSPS) is 18.9. The zero-order valence-electron chi connectivity index (χ0n) is 8.65. The molecule has 15 heavy (non-hydrogen) atoms. The number of aromatic nitrogens is 1. The van der Waals surface area contributed by atoms with E-state index in [1.54, 1.807) is 0 Å². The van der Waals surface area contributed by atoms with Gasteiger partial charge in [-0.05, 0) is 25.9 Å². The van der Waals surface area contributed by atoms with Crippen LogP contribution >= 0.6 is 11.3 Å². The highest BCUT2D eigenvalue weighted by Crippen LogP contribution is 2.29. The highest BCUT2D eigenvalue weighted by Gasteiger charge is 2.21. The molecule has 1 fully saturated rings. The van der Waals surface area contributed by atoms with Gasteiger partial charge in [0, 0.05) is 11.3 Å². The van der Waals surface area contributed by atoms with Crippen molar-refractivity contribution in [3.63, 3.8) is 0 Å². The van der Waals surface area contributed by atoms with Gasteiger partial charge in [0.05, 0.1) is 12.2 Å². The second-order valence-corrected chi connectivity index (χ2v) is 4.75. The standard InChI is InChI=1S/C11H15N3S/c1-2-5-14-6-3-9(4-7-14)10-8-15-11(12)13-10/h1,8-9H,3-7H2,(H2,12,13). The molecular formula is C11H15N3S. The molecule has 1 aromatic rings. The van der Waals surface area contributed by atoms with Crippen molar-refractivity contribution in [2.45, 2.75) is 18.8 Å². The van der Waals surface area contributed by atoms with E-state index in [4.69, 9.17) is 12.2 Å². The first-order chi connectivity index (χ1) is 7.29. The summed E-state index contributed by atoms with van der Waals surface area (Å²) < 4.78 is 0. The molecule has 0 saturated carbocycles. The van der Waals surface area contributed by atoms with Crippen LogP contribution in [-0.4, -0.2) is 29.5 Å². The van der Waals surface area contributed by atoms with Gasteiger partial charge in [-0.25, -0.2) is 4.98 Å². The SMILES string of the molecule is C#CCN1CCC(c2csc(N)n2)CC1. The molecule has 80 valence electrons. The third kappa shape index (κ3) is 2.49. The van der Waals surface area contributed by atoms with Crippen molar-refractivity contribution in [2.24, 2.45) is 0 Å². The summed E-state index contributed by atoms with van der Waals surface area (Å²) in [4.78, 5) is 6.65. The smallest absolute Gasteiger partial charge is 0.180 e. The number of anilines is 1. The van der Waals surface area contributed by atoms with Crippen LogP contribution in [0, 0.1) is 12.3 Å². The maximum Gasteiger partial charge on any atom is 0.180 e. The summed E-state index contributed by atoms with van der Waals surface area (Å²) >= 11 is 1.53. The average molecular weight is 221 g/mol. The number of likely N-dealkylation sites (tertiary alicyclic amines) is 1. The second kappa shape index (κ2) is 4.65. The van der Waals surface area contributed by atoms with E-state index in [9.17, 15) is 0 Å². The molecule has 0 aromatic carbocycles. The lowest BCUT2D eigenvalue weighted by Crippen LogP contribution is -2.33. The second-order valence-electron chi connectivity index (χ2n) is 3.87. The molecule has 0 unspecified atom stereocenters. The van der Waals surface area contributed by atoms with E-state index < -0.39 is 0 Å². The molecule has 3 nitrogen and oxygen atoms in total. The number of terminal acetylenes is 1. The van der Waals surface area contributed by atoms with Gasteiger partial charge in [-0.15, -0.1) is 17.8 Å². The largest absolute Gasteiger partial charge is 0.375 e. The Morgan fingerprint density at radius 2 is 2.33 bits per heavy atom. The van der Waals surface area contributed by atoms with Crippen molar-refractivity contribution in [1.29, 1.82) is 0 Å². The topological polar surface area (TPSA) is 42.1 Å². The van der Waals surface area contributed by atoms with Crippen molar-refractivity contribution < 1.29 is 0 Å². The molecular weight excluding hydrogens is 206 g/mol. The molecule has 0 atom stereocenters. The Balaban J connectivity index is 1.91. The van der Waals surface area contributed by atoms with Crippen molar-refractivity contribution in [3.05, 3.63) is 11.1 Å². The lowest BCUT2D eigenvalue weighted by Gasteiger charge is -2.29. The Hall–Kier alpha value is -1.05. The molecule has 0 amide bonds. The monoisotopic (exact) mass is 221 g/mol. The molecule has 2 rings (SSSR count). The maximum atomic E-state index is 5.63. The van der Waals surface area contributed by atoms with Gasteiger partial charge in [0.2, 0.25) is 0 Å². The van der Waals surface area contributed by atoms with Gasteiger partial charge in [0.15, 0.2) is 5.13 Å². The lowest BCUT2D eigenvalue weighted by molar-refractivity contribution is 0.234. The van der Waals surface area contributed by atoms with E-state index in [2.05, 4.69) is 21.2 Å². The van der Waals surface area contributed by atoms with Crippen LogP contribution in [0.5, 0.6) is 0 Å². The first kappa shape index (κ1) is 10.5. The van der Waals surface area contributed by atoms with Gasteiger partial charge in [0.1, 0.15) is 0 Å². The molecule has 1 aromatic heterocycles. The predicted molar refractivity (Wildman–Crippen MR) is 63.8 cm³/mol. The Labute approximate surface area is 94.3 Å². The first-order valence-corrected chi connectivity index (χ1v) is 6.04. The summed E-state index contributed by atoms with van der Waals surface area (Å²) in [5.41, 5.74) is 6.80. The molecule has 1 aliphatic rings. The summed E-state index contributed by atoms with van der Waals surface area (Å²) in [6.07, 6.45) is 7.58. The minimum atomic E-state index is 0.576. The van der Waals surface area contributed by atoms with Gasteiger partial charge in [0.25, 0.3) is 0 Å². The predicted octanol–water partition coefficient (Wildman–Crippen LogP) is 1.54. The van der Waals surface area contributed by atoms with Gasteiger partial charge < -0.3 is 5.73 Å². The number of rotatable bonds is 2. The van der Waals surface area contributed by atoms with Gasteiger partial charge in [-0.2, -0.15) is 0 Å². The fourth-order valence-electron chi connectivity index (χ4n) is 2.00. The van der Waals surface area contributed by atoms with Crippen molar-refractivity contribution in [3.8, 4) is 12.3 Å². The molecule has 0 bridgehead atoms. The van der Waals surface area contributed by atoms with Crippen LogP contribution in [0.1, 0.15) is 24.5 Å². The number of nitrogens with zero attached hydrogens (tertiary/aromatic N) is 2. The number of hydrogen-bond acceptors (Lipinski definition) is 4. The molecule has 0 aliphatic carbocycles. The average Bonchev–Trinajstić information content (AvgIpc) is 2.67. The molecule has 2 N–H and O–H groups in total. The number of piperidine rings is 1. The molecule has 1 saturated heterocycles. The van der Waals surface area contributed by atoms with Crippen LogP contribution in [-0.2, 0) is 0 Å². The number of hydrogen-bond donors (Lipinski definition) is 1. The summed E-state index contributed by atoms with van der Waals surface area (Å²) in [5.74, 6) is 3.26. The minimum absolute atomic E-state index is 0.576. The summed E-state index contributed by atoms with van der Waals surface area (Å²) in [5, 5.41) is 2.76. The molecule has 1 aliphatic heterocycles. The molecule has 0 spiro atoms. The van der Waals surface area contributed by atoms with Crippen molar-refractivity contribution in [1.82, 2.24) is 9.88 Å². The van der Waals surface area contributed by atoms with Gasteiger partial charge in [-0.3, -0.25) is 4.90 Å². The third-order valence-corrected chi connectivity index (χ3v) is 3.55. The van der Waals surface area contributed by atoms with E-state index in [0.717, 1.165) is 38.2 Å². The fourth-order valence-corrected chi connectivity index (χ4v) is 2.65. The Morgan fingerprint density at radius 1 is 1.60 bits per heavy atom. The molecule has 0 radical (unpaired) electrons. The molecule has 4 heteroatoms. The number of nitrogen functional groups attached to an aromatic ring is 1. The third-order valence-electron chi connectivity index (χ3n) is 2.86. The summed E-state index contributed by atoms with van der Waals surface area (Å²) in [7, 11) is 0. The highest BCUT2D eigenvalue weighted by molar-refractivity contribution is 7.13. The zero-order valence-corrected chi connectivity index (χ0v) is 9.46. The number of nitrogens with two attached hydrogens (primary N) is 1. The minimum Gasteiger partial charge on any atom is -0.375 e. The van der Waals surface area contributed by atoms with Crippen LogP contribution in [0.15, 0.2) is 5.38 Å². The van der Waals surface area contributed by atoms with Gasteiger partial charge >= 0.3 is 0 Å². The van der Waals surface area contributed by atoms with Crippen LogP contribution in [0.4, 0.5) is 5.13 Å². The maximum absolute atomic E-state index is 5.63. The van der Waals surface area contributed by atoms with Crippen LogP contribution < -0.4 is 5.73 Å². The Bertz CT molecular complexity index is 358. The first-order valence-electron chi connectivity index (χ1n) is 5.16. The van der Waals surface area contributed by atoms with Crippen molar-refractivity contribution in [2.75, 3.05) is 25.4 Å². The Kier molecular flexibility index (Phi) is 3.24. The fraction of sp³-hybridized carbons (Fsp3) is 0.545. The zero-order chi connectivity index (χ0) is 10.7. The van der Waals surface area contributed by atoms with E-state index in [0.29, 0.717) is 11.0 Å². The summed E-state index contributed by atoms with van der Waals surface area (Å²) in [6.45, 7) is 2.92. The van der Waals surface area contributed by atoms with E-state index in [1.165, 1.54) is 11.3 Å². The molecule has 2 heterocycles. The lowest BCUT2D eigenvalue weighted by atomic mass is 9.94. The van der Waals surface area contributed by atoms with Gasteiger partial charge in [-0.1, -0.05) is 5.92 Å².